The number of carbonyl (C=O) groups excluding carboxylic acids is 3. The molecule has 0 atom stereocenters. The molecule has 0 heterocycles. The Kier molecular flexibility index (Phi) is 6.93. The van der Waals surface area contributed by atoms with Crippen molar-refractivity contribution in [1.29, 1.82) is 0 Å². The Balaban J connectivity index is 1.80. The molecule has 6 heteroatoms. The van der Waals surface area contributed by atoms with Crippen LogP contribution in [0.4, 0.5) is 0 Å². The number of hydrogen-bond donors (Lipinski definition) is 1. The number of amides is 1. The topological polar surface area (TPSA) is 81.7 Å². The molecule has 0 aliphatic carbocycles. The van der Waals surface area contributed by atoms with Crippen molar-refractivity contribution in [2.45, 2.75) is 32.6 Å². The van der Waals surface area contributed by atoms with Crippen molar-refractivity contribution in [3.05, 3.63) is 65.2 Å². The van der Waals surface area contributed by atoms with E-state index < -0.39 is 11.9 Å². The summed E-state index contributed by atoms with van der Waals surface area (Å²) >= 11 is 0. The van der Waals surface area contributed by atoms with Gasteiger partial charge in [0, 0.05) is 12.1 Å². The van der Waals surface area contributed by atoms with E-state index in [0.29, 0.717) is 16.9 Å². The summed E-state index contributed by atoms with van der Waals surface area (Å²) in [7, 11) is 1.30. The maximum Gasteiger partial charge on any atom is 0.337 e. The van der Waals surface area contributed by atoms with Crippen LogP contribution < -0.4 is 10.1 Å². The molecule has 0 aliphatic heterocycles. The van der Waals surface area contributed by atoms with Crippen LogP contribution in [0.3, 0.4) is 0 Å². The van der Waals surface area contributed by atoms with E-state index in [9.17, 15) is 14.4 Å². The smallest absolute Gasteiger partial charge is 0.337 e. The van der Waals surface area contributed by atoms with Crippen molar-refractivity contribution in [1.82, 2.24) is 5.32 Å². The molecule has 2 rings (SSSR count). The Morgan fingerprint density at radius 3 is 2.00 bits per heavy atom. The molecule has 0 saturated heterocycles. The largest absolute Gasteiger partial charge is 0.465 e. The van der Waals surface area contributed by atoms with Crippen LogP contribution in [0.2, 0.25) is 0 Å². The summed E-state index contributed by atoms with van der Waals surface area (Å²) in [4.78, 5) is 35.4. The van der Waals surface area contributed by atoms with Gasteiger partial charge in [-0.05, 0) is 47.4 Å². The van der Waals surface area contributed by atoms with E-state index in [-0.39, 0.29) is 24.3 Å². The second-order valence-electron chi connectivity index (χ2n) is 7.32. The molecule has 1 amide bonds. The lowest BCUT2D eigenvalue weighted by Crippen LogP contribution is -2.27. The summed E-state index contributed by atoms with van der Waals surface area (Å²) in [6.45, 7) is 6.49. The van der Waals surface area contributed by atoms with Gasteiger partial charge < -0.3 is 14.8 Å². The molecule has 1 N–H and O–H groups in total. The average molecular weight is 383 g/mol. The monoisotopic (exact) mass is 383 g/mol. The van der Waals surface area contributed by atoms with Gasteiger partial charge in [0.25, 0.3) is 5.91 Å². The lowest BCUT2D eigenvalue weighted by atomic mass is 9.87. The Morgan fingerprint density at radius 1 is 0.893 bits per heavy atom. The molecule has 0 aromatic heterocycles. The van der Waals surface area contributed by atoms with Gasteiger partial charge in [0.2, 0.25) is 0 Å². The summed E-state index contributed by atoms with van der Waals surface area (Å²) in [6.07, 6.45) is 0.0323. The number of methoxy groups -OCH3 is 1. The zero-order valence-corrected chi connectivity index (χ0v) is 16.6. The molecule has 148 valence electrons. The van der Waals surface area contributed by atoms with E-state index in [1.807, 2.05) is 12.1 Å². The van der Waals surface area contributed by atoms with Crippen LogP contribution in [-0.4, -0.2) is 31.5 Å². The SMILES string of the molecule is COC(=O)c1ccc(OC(=O)CCNC(=O)c2ccc(C(C)(C)C)cc2)cc1. The average Bonchev–Trinajstić information content (AvgIpc) is 2.67. The van der Waals surface area contributed by atoms with Gasteiger partial charge in [0.15, 0.2) is 0 Å². The first kappa shape index (κ1) is 21.2. The van der Waals surface area contributed by atoms with Crippen molar-refractivity contribution in [2.75, 3.05) is 13.7 Å². The van der Waals surface area contributed by atoms with Crippen LogP contribution in [0.15, 0.2) is 48.5 Å². The van der Waals surface area contributed by atoms with E-state index in [2.05, 4.69) is 30.8 Å². The fourth-order valence-electron chi connectivity index (χ4n) is 2.46. The first-order valence-corrected chi connectivity index (χ1v) is 8.98. The maximum atomic E-state index is 12.2. The molecule has 2 aromatic carbocycles. The summed E-state index contributed by atoms with van der Waals surface area (Å²) < 4.78 is 9.79. The highest BCUT2D eigenvalue weighted by molar-refractivity contribution is 5.94. The molecule has 0 aliphatic rings. The van der Waals surface area contributed by atoms with Gasteiger partial charge in [-0.25, -0.2) is 4.79 Å². The van der Waals surface area contributed by atoms with Gasteiger partial charge in [-0.2, -0.15) is 0 Å². The van der Waals surface area contributed by atoms with Crippen molar-refractivity contribution in [3.8, 4) is 5.75 Å². The number of nitrogens with one attached hydrogen (secondary N) is 1. The quantitative estimate of drug-likeness (QED) is 0.610. The van der Waals surface area contributed by atoms with Crippen LogP contribution in [0.5, 0.6) is 5.75 Å². The highest BCUT2D eigenvalue weighted by atomic mass is 16.5. The van der Waals surface area contributed by atoms with E-state index in [0.717, 1.165) is 5.56 Å². The summed E-state index contributed by atoms with van der Waals surface area (Å²) in [5, 5.41) is 2.70. The first-order chi connectivity index (χ1) is 13.2. The standard InChI is InChI=1S/C22H25NO5/c1-22(2,3)17-9-5-15(6-10-17)20(25)23-14-13-19(24)28-18-11-7-16(8-12-18)21(26)27-4/h5-12H,13-14H2,1-4H3,(H,23,25). The molecule has 2 aromatic rings. The zero-order chi connectivity index (χ0) is 20.7. The Labute approximate surface area is 164 Å². The molecule has 28 heavy (non-hydrogen) atoms. The third kappa shape index (κ3) is 5.94. The minimum absolute atomic E-state index is 0.0216. The first-order valence-electron chi connectivity index (χ1n) is 8.98. The number of benzene rings is 2. The number of carbonyl (C=O) groups is 3. The molecule has 0 saturated carbocycles. The number of ether oxygens (including phenoxy) is 2. The second-order valence-corrected chi connectivity index (χ2v) is 7.32. The number of esters is 2. The van der Waals surface area contributed by atoms with Crippen molar-refractivity contribution < 1.29 is 23.9 Å². The highest BCUT2D eigenvalue weighted by Gasteiger charge is 2.14. The zero-order valence-electron chi connectivity index (χ0n) is 16.6. The third-order valence-electron chi connectivity index (χ3n) is 4.13. The van der Waals surface area contributed by atoms with Crippen LogP contribution in [0, 0.1) is 0 Å². The molecule has 0 radical (unpaired) electrons. The minimum Gasteiger partial charge on any atom is -0.465 e. The number of rotatable bonds is 6. The van der Waals surface area contributed by atoms with Gasteiger partial charge >= 0.3 is 11.9 Å². The van der Waals surface area contributed by atoms with E-state index in [1.54, 1.807) is 12.1 Å². The van der Waals surface area contributed by atoms with Crippen LogP contribution in [-0.2, 0) is 14.9 Å². The number of hydrogen-bond acceptors (Lipinski definition) is 5. The molecular formula is C22H25NO5. The fourth-order valence-corrected chi connectivity index (χ4v) is 2.46. The fraction of sp³-hybridized carbons (Fsp3) is 0.318. The summed E-state index contributed by atoms with van der Waals surface area (Å²) in [6, 6.07) is 13.5. The summed E-state index contributed by atoms with van der Waals surface area (Å²) in [5.74, 6) is -0.859. The van der Waals surface area contributed by atoms with Crippen molar-refractivity contribution in [3.63, 3.8) is 0 Å². The second kappa shape index (κ2) is 9.17. The van der Waals surface area contributed by atoms with Gasteiger partial charge in [-0.1, -0.05) is 32.9 Å². The lowest BCUT2D eigenvalue weighted by Gasteiger charge is -2.19. The molecular weight excluding hydrogens is 358 g/mol. The summed E-state index contributed by atoms with van der Waals surface area (Å²) in [5.41, 5.74) is 2.08. The minimum atomic E-state index is -0.478. The van der Waals surface area contributed by atoms with Gasteiger partial charge in [-0.15, -0.1) is 0 Å². The van der Waals surface area contributed by atoms with E-state index >= 15 is 0 Å². The molecule has 0 unspecified atom stereocenters. The Bertz CT molecular complexity index is 833. The van der Waals surface area contributed by atoms with Gasteiger partial charge in [0.05, 0.1) is 19.1 Å². The molecule has 0 spiro atoms. The van der Waals surface area contributed by atoms with Crippen LogP contribution >= 0.6 is 0 Å². The van der Waals surface area contributed by atoms with E-state index in [1.165, 1.54) is 31.4 Å². The molecule has 0 fully saturated rings. The van der Waals surface area contributed by atoms with Crippen molar-refractivity contribution >= 4 is 17.8 Å². The van der Waals surface area contributed by atoms with E-state index in [4.69, 9.17) is 4.74 Å². The highest BCUT2D eigenvalue weighted by Crippen LogP contribution is 2.22. The third-order valence-corrected chi connectivity index (χ3v) is 4.13. The Morgan fingerprint density at radius 2 is 1.46 bits per heavy atom. The Hall–Kier alpha value is -3.15. The van der Waals surface area contributed by atoms with Gasteiger partial charge in [-0.3, -0.25) is 9.59 Å². The van der Waals surface area contributed by atoms with Crippen molar-refractivity contribution in [2.24, 2.45) is 0 Å². The predicted molar refractivity (Wildman–Crippen MR) is 106 cm³/mol. The van der Waals surface area contributed by atoms with Crippen LogP contribution in [0.1, 0.15) is 53.5 Å². The molecule has 0 bridgehead atoms. The lowest BCUT2D eigenvalue weighted by molar-refractivity contribution is -0.134. The normalized spacial score (nSPS) is 10.9. The van der Waals surface area contributed by atoms with Gasteiger partial charge in [0.1, 0.15) is 5.75 Å². The predicted octanol–water partition coefficient (Wildman–Crippen LogP) is 3.50. The molecule has 6 nitrogen and oxygen atoms in total. The van der Waals surface area contributed by atoms with Crippen LogP contribution in [0.25, 0.3) is 0 Å². The maximum absolute atomic E-state index is 12.2.